The Kier molecular flexibility index (Phi) is 7.11. The van der Waals surface area contributed by atoms with Crippen LogP contribution in [-0.4, -0.2) is 23.8 Å². The second kappa shape index (κ2) is 10.6. The molecule has 5 nitrogen and oxygen atoms in total. The first-order valence-corrected chi connectivity index (χ1v) is 12.3. The number of fused-ring (bicyclic) bond motifs is 1. The van der Waals surface area contributed by atoms with Crippen LogP contribution in [0.25, 0.3) is 0 Å². The first kappa shape index (κ1) is 25.4. The van der Waals surface area contributed by atoms with E-state index in [1.165, 1.54) is 24.3 Å². The number of ether oxygens (including phenoxy) is 1. The smallest absolute Gasteiger partial charge is 0.255 e. The molecular formula is C30H23ClF2N2O3. The van der Waals surface area contributed by atoms with Crippen molar-refractivity contribution in [3.8, 4) is 5.75 Å². The zero-order chi connectivity index (χ0) is 26.8. The molecule has 0 bridgehead atoms. The average Bonchev–Trinajstić information content (AvgIpc) is 2.93. The molecule has 2 amide bonds. The van der Waals surface area contributed by atoms with Crippen LogP contribution in [0.5, 0.6) is 5.75 Å². The first-order valence-electron chi connectivity index (χ1n) is 11.9. The lowest BCUT2D eigenvalue weighted by Gasteiger charge is -2.42. The van der Waals surface area contributed by atoms with Crippen molar-refractivity contribution in [1.29, 1.82) is 0 Å². The lowest BCUT2D eigenvalue weighted by molar-refractivity contribution is -0.119. The molecule has 1 aliphatic rings. The van der Waals surface area contributed by atoms with E-state index in [1.807, 2.05) is 12.1 Å². The Hall–Kier alpha value is -4.23. The summed E-state index contributed by atoms with van der Waals surface area (Å²) in [5.74, 6) is -1.79. The van der Waals surface area contributed by atoms with E-state index in [9.17, 15) is 18.4 Å². The molecule has 0 aromatic heterocycles. The predicted octanol–water partition coefficient (Wildman–Crippen LogP) is 6.75. The van der Waals surface area contributed by atoms with Gasteiger partial charge in [0.25, 0.3) is 5.91 Å². The van der Waals surface area contributed by atoms with E-state index < -0.39 is 23.7 Å². The molecule has 192 valence electrons. The molecule has 1 N–H and O–H groups in total. The van der Waals surface area contributed by atoms with Crippen molar-refractivity contribution in [2.75, 3.05) is 12.4 Å². The van der Waals surface area contributed by atoms with Crippen molar-refractivity contribution in [2.24, 2.45) is 0 Å². The van der Waals surface area contributed by atoms with Crippen molar-refractivity contribution < 1.29 is 23.1 Å². The van der Waals surface area contributed by atoms with Crippen LogP contribution in [0.15, 0.2) is 91.0 Å². The van der Waals surface area contributed by atoms with Crippen molar-refractivity contribution in [1.82, 2.24) is 4.90 Å². The number of nitrogens with zero attached hydrogens (tertiary/aromatic N) is 1. The second-order valence-corrected chi connectivity index (χ2v) is 9.36. The van der Waals surface area contributed by atoms with Gasteiger partial charge in [-0.2, -0.15) is 0 Å². The minimum absolute atomic E-state index is 0.0580. The van der Waals surface area contributed by atoms with E-state index in [-0.39, 0.29) is 29.0 Å². The number of halogens is 3. The monoisotopic (exact) mass is 532 g/mol. The van der Waals surface area contributed by atoms with Gasteiger partial charge in [0.05, 0.1) is 29.8 Å². The summed E-state index contributed by atoms with van der Waals surface area (Å²) in [6.45, 7) is 0.144. The molecule has 1 aliphatic heterocycles. The topological polar surface area (TPSA) is 58.6 Å². The van der Waals surface area contributed by atoms with E-state index >= 15 is 0 Å². The number of amides is 2. The Morgan fingerprint density at radius 3 is 2.32 bits per heavy atom. The Morgan fingerprint density at radius 1 is 0.947 bits per heavy atom. The minimum atomic E-state index is -0.834. The number of nitrogens with one attached hydrogen (secondary N) is 1. The standard InChI is InChI=1S/C30H23ClF2N2O3/c1-38-22-13-8-19(9-14-22)28-27(29(36)34-26-15-12-21(33)16-25(26)31)23-4-2-3-5-24(23)30(37)35(28)17-18-6-10-20(32)11-7-18/h2-16,27-28H,17H2,1H3,(H,34,36)/t27-,28+/m0/s1. The predicted molar refractivity (Wildman–Crippen MR) is 141 cm³/mol. The van der Waals surface area contributed by atoms with E-state index in [0.29, 0.717) is 28.0 Å². The van der Waals surface area contributed by atoms with Gasteiger partial charge in [-0.3, -0.25) is 9.59 Å². The van der Waals surface area contributed by atoms with Gasteiger partial charge in [0.1, 0.15) is 17.4 Å². The molecule has 8 heteroatoms. The first-order chi connectivity index (χ1) is 18.4. The molecule has 0 aliphatic carbocycles. The molecule has 5 rings (SSSR count). The number of methoxy groups -OCH3 is 1. The van der Waals surface area contributed by atoms with E-state index in [1.54, 1.807) is 60.5 Å². The van der Waals surface area contributed by atoms with Gasteiger partial charge in [0.15, 0.2) is 0 Å². The van der Waals surface area contributed by atoms with Crippen LogP contribution < -0.4 is 10.1 Å². The van der Waals surface area contributed by atoms with Crippen LogP contribution in [0.1, 0.15) is 39.0 Å². The van der Waals surface area contributed by atoms with Gasteiger partial charge in [0.2, 0.25) is 5.91 Å². The van der Waals surface area contributed by atoms with E-state index in [0.717, 1.165) is 6.07 Å². The summed E-state index contributed by atoms with van der Waals surface area (Å²) in [6.07, 6.45) is 0. The normalized spacial score (nSPS) is 16.6. The van der Waals surface area contributed by atoms with Gasteiger partial charge in [-0.1, -0.05) is 54.1 Å². The van der Waals surface area contributed by atoms with Crippen LogP contribution >= 0.6 is 11.6 Å². The number of carbonyl (C=O) groups is 2. The van der Waals surface area contributed by atoms with E-state index in [4.69, 9.17) is 16.3 Å². The third-order valence-electron chi connectivity index (χ3n) is 6.63. The molecular weight excluding hydrogens is 510 g/mol. The van der Waals surface area contributed by atoms with Crippen molar-refractivity contribution >= 4 is 29.1 Å². The molecule has 0 saturated carbocycles. The third kappa shape index (κ3) is 4.97. The van der Waals surface area contributed by atoms with Gasteiger partial charge in [-0.05, 0) is 65.2 Å². The molecule has 1 heterocycles. The second-order valence-electron chi connectivity index (χ2n) is 8.96. The van der Waals surface area contributed by atoms with Crippen LogP contribution in [0.2, 0.25) is 5.02 Å². The Bertz CT molecular complexity index is 1490. The maximum absolute atomic E-state index is 13.9. The maximum Gasteiger partial charge on any atom is 0.255 e. The van der Waals surface area contributed by atoms with Crippen molar-refractivity contribution in [3.63, 3.8) is 0 Å². The molecule has 0 unspecified atom stereocenters. The molecule has 4 aromatic rings. The molecule has 0 saturated heterocycles. The highest BCUT2D eigenvalue weighted by molar-refractivity contribution is 6.33. The van der Waals surface area contributed by atoms with Crippen LogP contribution in [0.4, 0.5) is 14.5 Å². The summed E-state index contributed by atoms with van der Waals surface area (Å²) < 4.78 is 32.5. The lowest BCUT2D eigenvalue weighted by Crippen LogP contribution is -2.45. The van der Waals surface area contributed by atoms with Crippen LogP contribution in [0.3, 0.4) is 0 Å². The van der Waals surface area contributed by atoms with Gasteiger partial charge in [0, 0.05) is 12.1 Å². The molecule has 4 aromatic carbocycles. The summed E-state index contributed by atoms with van der Waals surface area (Å²) in [4.78, 5) is 29.4. The average molecular weight is 533 g/mol. The Balaban J connectivity index is 1.64. The van der Waals surface area contributed by atoms with E-state index in [2.05, 4.69) is 5.32 Å². The fraction of sp³-hybridized carbons (Fsp3) is 0.133. The summed E-state index contributed by atoms with van der Waals surface area (Å²) >= 11 is 6.21. The SMILES string of the molecule is COc1ccc([C@@H]2[C@@H](C(=O)Nc3ccc(F)cc3Cl)c3ccccc3C(=O)N2Cc2ccc(F)cc2)cc1. The summed E-state index contributed by atoms with van der Waals surface area (Å²) in [5.41, 5.74) is 2.62. The fourth-order valence-corrected chi connectivity index (χ4v) is 5.02. The fourth-order valence-electron chi connectivity index (χ4n) is 4.81. The molecule has 0 fully saturated rings. The van der Waals surface area contributed by atoms with Crippen molar-refractivity contribution in [3.05, 3.63) is 130 Å². The number of hydrogen-bond donors (Lipinski definition) is 1. The van der Waals surface area contributed by atoms with Crippen molar-refractivity contribution in [2.45, 2.75) is 18.5 Å². The number of carbonyl (C=O) groups excluding carboxylic acids is 2. The third-order valence-corrected chi connectivity index (χ3v) is 6.95. The van der Waals surface area contributed by atoms with Gasteiger partial charge >= 0.3 is 0 Å². The zero-order valence-electron chi connectivity index (χ0n) is 20.3. The lowest BCUT2D eigenvalue weighted by atomic mass is 9.79. The van der Waals surface area contributed by atoms with Gasteiger partial charge in [-0.15, -0.1) is 0 Å². The number of anilines is 1. The highest BCUT2D eigenvalue weighted by Gasteiger charge is 2.44. The number of rotatable bonds is 6. The highest BCUT2D eigenvalue weighted by Crippen LogP contribution is 2.44. The van der Waals surface area contributed by atoms with Gasteiger partial charge < -0.3 is 15.0 Å². The number of hydrogen-bond acceptors (Lipinski definition) is 3. The maximum atomic E-state index is 13.9. The number of benzene rings is 4. The molecule has 0 spiro atoms. The Morgan fingerprint density at radius 2 is 1.63 bits per heavy atom. The zero-order valence-corrected chi connectivity index (χ0v) is 21.1. The summed E-state index contributed by atoms with van der Waals surface area (Å²) in [7, 11) is 1.55. The highest BCUT2D eigenvalue weighted by atomic mass is 35.5. The summed E-state index contributed by atoms with van der Waals surface area (Å²) in [6, 6.07) is 23.0. The molecule has 0 radical (unpaired) electrons. The van der Waals surface area contributed by atoms with Crippen LogP contribution in [-0.2, 0) is 11.3 Å². The quantitative estimate of drug-likeness (QED) is 0.299. The Labute approximate surface area is 223 Å². The largest absolute Gasteiger partial charge is 0.497 e. The van der Waals surface area contributed by atoms with Crippen LogP contribution in [0, 0.1) is 11.6 Å². The summed E-state index contributed by atoms with van der Waals surface area (Å²) in [5, 5.41) is 2.89. The van der Waals surface area contributed by atoms with Gasteiger partial charge in [-0.25, -0.2) is 8.78 Å². The molecule has 2 atom stereocenters. The minimum Gasteiger partial charge on any atom is -0.497 e. The molecule has 38 heavy (non-hydrogen) atoms.